The molecular weight excluding hydrogens is 216 g/mol. The highest BCUT2D eigenvalue weighted by atomic mass is 14.6. The molecule has 18 heavy (non-hydrogen) atoms. The molecule has 0 radical (unpaired) electrons. The van der Waals surface area contributed by atoms with E-state index in [1.165, 1.54) is 0 Å². The van der Waals surface area contributed by atoms with Gasteiger partial charge in [-0.2, -0.15) is 0 Å². The van der Waals surface area contributed by atoms with Gasteiger partial charge in [-0.25, -0.2) is 0 Å². The molecule has 4 aliphatic carbocycles. The predicted molar refractivity (Wildman–Crippen MR) is 76.3 cm³/mol. The minimum absolute atomic E-state index is 0.737. The molecule has 4 rings (SSSR count). The van der Waals surface area contributed by atoms with Crippen LogP contribution in [0.1, 0.15) is 71.6 Å². The number of fused-ring (bicyclic) bond motifs is 4. The van der Waals surface area contributed by atoms with E-state index in [9.17, 15) is 0 Å². The maximum atomic E-state index is 2.70. The normalized spacial score (nSPS) is 59.0. The minimum Gasteiger partial charge on any atom is -0.0622 e. The Balaban J connectivity index is 1.61. The SMILES string of the molecule is CC1CC(C2(C)CCC3CCC2C3)C2CCC1C2. The Kier molecular flexibility index (Phi) is 2.62. The van der Waals surface area contributed by atoms with Crippen molar-refractivity contribution in [2.24, 2.45) is 40.9 Å². The Bertz CT molecular complexity index is 333. The smallest absolute Gasteiger partial charge is 0.0266 e. The standard InChI is InChI=1S/C18H30/c1-12-9-17(15-5-4-14(12)11-15)18(2)8-7-13-3-6-16(18)10-13/h12-17H,3-11H2,1-2H3. The van der Waals surface area contributed by atoms with Gasteiger partial charge in [0.15, 0.2) is 0 Å². The van der Waals surface area contributed by atoms with Gasteiger partial charge in [-0.05, 0) is 92.3 Å². The summed E-state index contributed by atoms with van der Waals surface area (Å²) < 4.78 is 0. The zero-order chi connectivity index (χ0) is 12.3. The van der Waals surface area contributed by atoms with E-state index in [-0.39, 0.29) is 0 Å². The molecule has 0 aromatic heterocycles. The zero-order valence-electron chi connectivity index (χ0n) is 12.3. The van der Waals surface area contributed by atoms with Gasteiger partial charge in [-0.1, -0.05) is 20.3 Å². The summed E-state index contributed by atoms with van der Waals surface area (Å²) in [5.74, 6) is 6.58. The summed E-state index contributed by atoms with van der Waals surface area (Å²) in [6.07, 6.45) is 14.2. The molecule has 7 atom stereocenters. The average molecular weight is 246 g/mol. The lowest BCUT2D eigenvalue weighted by Crippen LogP contribution is -2.42. The van der Waals surface area contributed by atoms with E-state index in [1.807, 2.05) is 0 Å². The van der Waals surface area contributed by atoms with Gasteiger partial charge in [0, 0.05) is 0 Å². The van der Waals surface area contributed by atoms with Crippen LogP contribution in [-0.2, 0) is 0 Å². The summed E-state index contributed by atoms with van der Waals surface area (Å²) in [6, 6.07) is 0. The predicted octanol–water partition coefficient (Wildman–Crippen LogP) is 5.28. The molecule has 0 spiro atoms. The highest BCUT2D eigenvalue weighted by Gasteiger charge is 2.53. The monoisotopic (exact) mass is 246 g/mol. The first kappa shape index (κ1) is 11.8. The second-order valence-electron chi connectivity index (χ2n) is 8.57. The van der Waals surface area contributed by atoms with Crippen LogP contribution in [0.15, 0.2) is 0 Å². The van der Waals surface area contributed by atoms with Gasteiger partial charge in [-0.15, -0.1) is 0 Å². The summed E-state index contributed by atoms with van der Waals surface area (Å²) in [5.41, 5.74) is 0.737. The van der Waals surface area contributed by atoms with E-state index >= 15 is 0 Å². The summed E-state index contributed by atoms with van der Waals surface area (Å²) in [7, 11) is 0. The molecule has 0 heterocycles. The van der Waals surface area contributed by atoms with E-state index in [2.05, 4.69) is 13.8 Å². The highest BCUT2D eigenvalue weighted by molar-refractivity contribution is 5.03. The maximum Gasteiger partial charge on any atom is -0.0266 e. The van der Waals surface area contributed by atoms with Crippen molar-refractivity contribution >= 4 is 0 Å². The first-order chi connectivity index (χ1) is 8.67. The molecule has 4 fully saturated rings. The lowest BCUT2D eigenvalue weighted by atomic mass is 9.54. The quantitative estimate of drug-likeness (QED) is 0.591. The van der Waals surface area contributed by atoms with E-state index in [0.717, 1.165) is 40.9 Å². The van der Waals surface area contributed by atoms with Crippen LogP contribution >= 0.6 is 0 Å². The second kappa shape index (κ2) is 4.00. The second-order valence-corrected chi connectivity index (χ2v) is 8.57. The molecule has 7 unspecified atom stereocenters. The van der Waals surface area contributed by atoms with Gasteiger partial charge in [0.05, 0.1) is 0 Å². The minimum atomic E-state index is 0.737. The van der Waals surface area contributed by atoms with Crippen LogP contribution in [0.25, 0.3) is 0 Å². The van der Waals surface area contributed by atoms with Gasteiger partial charge in [0.25, 0.3) is 0 Å². The van der Waals surface area contributed by atoms with E-state index < -0.39 is 0 Å². The molecule has 4 saturated carbocycles. The van der Waals surface area contributed by atoms with Crippen LogP contribution in [0, 0.1) is 40.9 Å². The molecule has 102 valence electrons. The fraction of sp³-hybridized carbons (Fsp3) is 1.00. The molecule has 0 aromatic rings. The highest BCUT2D eigenvalue weighted by Crippen LogP contribution is 2.62. The molecule has 0 saturated heterocycles. The van der Waals surface area contributed by atoms with Crippen molar-refractivity contribution in [3.05, 3.63) is 0 Å². The summed E-state index contributed by atoms with van der Waals surface area (Å²) in [5, 5.41) is 0. The molecule has 0 heteroatoms. The Morgan fingerprint density at radius 1 is 0.833 bits per heavy atom. The van der Waals surface area contributed by atoms with Crippen molar-refractivity contribution < 1.29 is 0 Å². The lowest BCUT2D eigenvalue weighted by molar-refractivity contribution is -0.0134. The topological polar surface area (TPSA) is 0 Å². The fourth-order valence-electron chi connectivity index (χ4n) is 6.67. The van der Waals surface area contributed by atoms with Crippen LogP contribution < -0.4 is 0 Å². The molecule has 4 aliphatic rings. The van der Waals surface area contributed by atoms with Crippen molar-refractivity contribution in [3.63, 3.8) is 0 Å². The van der Waals surface area contributed by atoms with Crippen LogP contribution in [-0.4, -0.2) is 0 Å². The van der Waals surface area contributed by atoms with E-state index in [0.29, 0.717) is 0 Å². The first-order valence-electron chi connectivity index (χ1n) is 8.67. The van der Waals surface area contributed by atoms with Crippen LogP contribution in [0.4, 0.5) is 0 Å². The number of hydrogen-bond donors (Lipinski definition) is 0. The number of rotatable bonds is 1. The van der Waals surface area contributed by atoms with Crippen molar-refractivity contribution in [2.45, 2.75) is 71.6 Å². The Hall–Kier alpha value is 0. The summed E-state index contributed by atoms with van der Waals surface area (Å²) in [4.78, 5) is 0. The fourth-order valence-corrected chi connectivity index (χ4v) is 6.67. The largest absolute Gasteiger partial charge is 0.0622 e. The molecule has 4 bridgehead atoms. The third-order valence-electron chi connectivity index (χ3n) is 7.93. The molecule has 0 amide bonds. The van der Waals surface area contributed by atoms with Crippen molar-refractivity contribution in [3.8, 4) is 0 Å². The average Bonchev–Trinajstić information content (AvgIpc) is 2.96. The van der Waals surface area contributed by atoms with Gasteiger partial charge >= 0.3 is 0 Å². The Labute approximate surface area is 113 Å². The van der Waals surface area contributed by atoms with Crippen LogP contribution in [0.3, 0.4) is 0 Å². The third kappa shape index (κ3) is 1.56. The molecular formula is C18H30. The Morgan fingerprint density at radius 2 is 1.67 bits per heavy atom. The van der Waals surface area contributed by atoms with Crippen molar-refractivity contribution in [1.29, 1.82) is 0 Å². The summed E-state index contributed by atoms with van der Waals surface area (Å²) in [6.45, 7) is 5.26. The first-order valence-corrected chi connectivity index (χ1v) is 8.67. The molecule has 0 N–H and O–H groups in total. The van der Waals surface area contributed by atoms with Gasteiger partial charge in [-0.3, -0.25) is 0 Å². The Morgan fingerprint density at radius 3 is 2.56 bits per heavy atom. The van der Waals surface area contributed by atoms with Gasteiger partial charge < -0.3 is 0 Å². The number of hydrogen-bond acceptors (Lipinski definition) is 0. The molecule has 0 nitrogen and oxygen atoms in total. The van der Waals surface area contributed by atoms with Crippen LogP contribution in [0.2, 0.25) is 0 Å². The summed E-state index contributed by atoms with van der Waals surface area (Å²) >= 11 is 0. The maximum absolute atomic E-state index is 2.70. The molecule has 0 aromatic carbocycles. The zero-order valence-corrected chi connectivity index (χ0v) is 12.3. The molecule has 0 aliphatic heterocycles. The lowest BCUT2D eigenvalue weighted by Gasteiger charge is -2.51. The third-order valence-corrected chi connectivity index (χ3v) is 7.93. The van der Waals surface area contributed by atoms with Gasteiger partial charge in [0.1, 0.15) is 0 Å². The van der Waals surface area contributed by atoms with E-state index in [4.69, 9.17) is 0 Å². The van der Waals surface area contributed by atoms with Crippen molar-refractivity contribution in [2.75, 3.05) is 0 Å². The van der Waals surface area contributed by atoms with E-state index in [1.54, 1.807) is 57.8 Å². The van der Waals surface area contributed by atoms with Crippen LogP contribution in [0.5, 0.6) is 0 Å². The van der Waals surface area contributed by atoms with Crippen molar-refractivity contribution in [1.82, 2.24) is 0 Å². The van der Waals surface area contributed by atoms with Gasteiger partial charge in [0.2, 0.25) is 0 Å².